The first-order valence-corrected chi connectivity index (χ1v) is 8.73. The topological polar surface area (TPSA) is 76.3 Å². The van der Waals surface area contributed by atoms with Gasteiger partial charge in [-0.3, -0.25) is 14.3 Å². The Labute approximate surface area is 157 Å². The number of hydrogen-bond acceptors (Lipinski definition) is 3. The van der Waals surface area contributed by atoms with Crippen molar-refractivity contribution < 1.29 is 9.90 Å². The molecule has 1 heterocycles. The fraction of sp³-hybridized carbons (Fsp3) is 0.238. The predicted octanol–water partition coefficient (Wildman–Crippen LogP) is 2.72. The van der Waals surface area contributed by atoms with Crippen LogP contribution < -0.4 is 10.9 Å². The zero-order valence-corrected chi connectivity index (χ0v) is 15.6. The Morgan fingerprint density at radius 1 is 1.07 bits per heavy atom. The van der Waals surface area contributed by atoms with Crippen molar-refractivity contribution in [3.05, 3.63) is 82.3 Å². The van der Waals surface area contributed by atoms with Crippen molar-refractivity contribution >= 4 is 11.6 Å². The largest absolute Gasteiger partial charge is 0.385 e. The number of carbonyl (C=O) groups is 1. The monoisotopic (exact) mass is 365 g/mol. The van der Waals surface area contributed by atoms with Gasteiger partial charge in [-0.1, -0.05) is 48.5 Å². The van der Waals surface area contributed by atoms with Gasteiger partial charge in [0.1, 0.15) is 5.69 Å². The standard InChI is InChI=1S/C21H23N3O3/c1-15-19(20(26)24(23(15)3)17-12-8-5-9-13-17)22-18(25)14-21(2,27)16-10-6-4-7-11-16/h4-13,27H,14H2,1-3H3,(H,22,25)/t21-/m1/s1. The smallest absolute Gasteiger partial charge is 0.295 e. The van der Waals surface area contributed by atoms with Gasteiger partial charge < -0.3 is 10.4 Å². The Balaban J connectivity index is 1.86. The maximum absolute atomic E-state index is 12.8. The molecule has 3 aromatic rings. The minimum absolute atomic E-state index is 0.157. The Hall–Kier alpha value is -3.12. The van der Waals surface area contributed by atoms with Gasteiger partial charge in [0.05, 0.1) is 23.4 Å². The number of aromatic nitrogens is 2. The highest BCUT2D eigenvalue weighted by molar-refractivity contribution is 5.92. The second kappa shape index (κ2) is 7.25. The van der Waals surface area contributed by atoms with Crippen LogP contribution in [0.1, 0.15) is 24.6 Å². The van der Waals surface area contributed by atoms with Crippen molar-refractivity contribution in [3.63, 3.8) is 0 Å². The van der Waals surface area contributed by atoms with E-state index < -0.39 is 11.5 Å². The van der Waals surface area contributed by atoms with E-state index in [4.69, 9.17) is 0 Å². The van der Waals surface area contributed by atoms with Crippen LogP contribution in [-0.4, -0.2) is 20.4 Å². The molecule has 0 aliphatic heterocycles. The number of nitrogens with one attached hydrogen (secondary N) is 1. The first-order chi connectivity index (χ1) is 12.8. The Kier molecular flexibility index (Phi) is 5.01. The number of hydrogen-bond donors (Lipinski definition) is 2. The van der Waals surface area contributed by atoms with E-state index in [0.29, 0.717) is 16.9 Å². The molecule has 2 aromatic carbocycles. The molecule has 0 aliphatic carbocycles. The molecule has 0 saturated carbocycles. The maximum atomic E-state index is 12.8. The summed E-state index contributed by atoms with van der Waals surface area (Å²) >= 11 is 0. The molecule has 3 rings (SSSR count). The molecule has 0 fully saturated rings. The Morgan fingerprint density at radius 2 is 1.63 bits per heavy atom. The SMILES string of the molecule is Cc1c(NC(=O)C[C@@](C)(O)c2ccccc2)c(=O)n(-c2ccccc2)n1C. The first kappa shape index (κ1) is 18.7. The van der Waals surface area contributed by atoms with Crippen molar-refractivity contribution in [3.8, 4) is 5.69 Å². The van der Waals surface area contributed by atoms with Crippen LogP contribution in [0.25, 0.3) is 5.69 Å². The van der Waals surface area contributed by atoms with Crippen molar-refractivity contribution in [2.75, 3.05) is 5.32 Å². The molecule has 0 saturated heterocycles. The highest BCUT2D eigenvalue weighted by Crippen LogP contribution is 2.25. The number of para-hydroxylation sites is 1. The van der Waals surface area contributed by atoms with Gasteiger partial charge in [0.15, 0.2) is 0 Å². The summed E-state index contributed by atoms with van der Waals surface area (Å²) < 4.78 is 3.20. The zero-order chi connectivity index (χ0) is 19.6. The van der Waals surface area contributed by atoms with Crippen LogP contribution in [0.4, 0.5) is 5.69 Å². The Bertz CT molecular complexity index is 1000. The van der Waals surface area contributed by atoms with E-state index in [-0.39, 0.29) is 17.7 Å². The number of amides is 1. The summed E-state index contributed by atoms with van der Waals surface area (Å²) in [4.78, 5) is 25.4. The second-order valence-electron chi connectivity index (χ2n) is 6.80. The zero-order valence-electron chi connectivity index (χ0n) is 15.6. The van der Waals surface area contributed by atoms with E-state index >= 15 is 0 Å². The summed E-state index contributed by atoms with van der Waals surface area (Å²) in [6, 6.07) is 18.2. The number of anilines is 1. The fourth-order valence-corrected chi connectivity index (χ4v) is 3.11. The van der Waals surface area contributed by atoms with Crippen molar-refractivity contribution in [2.24, 2.45) is 7.05 Å². The number of carbonyl (C=O) groups excluding carboxylic acids is 1. The Morgan fingerprint density at radius 3 is 2.22 bits per heavy atom. The van der Waals surface area contributed by atoms with Gasteiger partial charge in [0.2, 0.25) is 5.91 Å². The van der Waals surface area contributed by atoms with Crippen molar-refractivity contribution in [1.82, 2.24) is 9.36 Å². The molecule has 0 radical (unpaired) electrons. The normalized spacial score (nSPS) is 13.2. The summed E-state index contributed by atoms with van der Waals surface area (Å²) in [5.41, 5.74) is 0.573. The van der Waals surface area contributed by atoms with Gasteiger partial charge in [-0.05, 0) is 31.5 Å². The molecule has 140 valence electrons. The maximum Gasteiger partial charge on any atom is 0.295 e. The average molecular weight is 365 g/mol. The van der Waals surface area contributed by atoms with Gasteiger partial charge >= 0.3 is 0 Å². The summed E-state index contributed by atoms with van der Waals surface area (Å²) in [7, 11) is 1.76. The molecule has 0 aliphatic rings. The molecule has 1 atom stereocenters. The van der Waals surface area contributed by atoms with E-state index in [1.165, 1.54) is 4.68 Å². The van der Waals surface area contributed by atoms with Crippen LogP contribution in [0.15, 0.2) is 65.5 Å². The minimum Gasteiger partial charge on any atom is -0.385 e. The van der Waals surface area contributed by atoms with E-state index in [9.17, 15) is 14.7 Å². The van der Waals surface area contributed by atoms with Crippen LogP contribution in [0.2, 0.25) is 0 Å². The van der Waals surface area contributed by atoms with Crippen LogP contribution in [0, 0.1) is 6.92 Å². The first-order valence-electron chi connectivity index (χ1n) is 8.73. The lowest BCUT2D eigenvalue weighted by molar-refractivity contribution is -0.120. The lowest BCUT2D eigenvalue weighted by Gasteiger charge is -2.23. The fourth-order valence-electron chi connectivity index (χ4n) is 3.11. The van der Waals surface area contributed by atoms with Crippen LogP contribution in [-0.2, 0) is 17.4 Å². The highest BCUT2D eigenvalue weighted by Gasteiger charge is 2.28. The predicted molar refractivity (Wildman–Crippen MR) is 105 cm³/mol. The van der Waals surface area contributed by atoms with Crippen LogP contribution in [0.5, 0.6) is 0 Å². The lowest BCUT2D eigenvalue weighted by Crippen LogP contribution is -2.30. The molecule has 6 nitrogen and oxygen atoms in total. The van der Waals surface area contributed by atoms with Crippen molar-refractivity contribution in [1.29, 1.82) is 0 Å². The molecule has 6 heteroatoms. The van der Waals surface area contributed by atoms with E-state index in [2.05, 4.69) is 5.32 Å². The van der Waals surface area contributed by atoms with Gasteiger partial charge in [-0.15, -0.1) is 0 Å². The summed E-state index contributed by atoms with van der Waals surface area (Å²) in [5.74, 6) is -0.421. The number of rotatable bonds is 5. The lowest BCUT2D eigenvalue weighted by atomic mass is 9.92. The van der Waals surface area contributed by atoms with Crippen molar-refractivity contribution in [2.45, 2.75) is 25.9 Å². The van der Waals surface area contributed by atoms with Gasteiger partial charge in [-0.25, -0.2) is 4.68 Å². The minimum atomic E-state index is -1.33. The average Bonchev–Trinajstić information content (AvgIpc) is 2.86. The van der Waals surface area contributed by atoms with Crippen LogP contribution in [0.3, 0.4) is 0 Å². The summed E-state index contributed by atoms with van der Waals surface area (Å²) in [6.07, 6.45) is -0.157. The second-order valence-corrected chi connectivity index (χ2v) is 6.80. The number of aliphatic hydroxyl groups is 1. The summed E-state index contributed by atoms with van der Waals surface area (Å²) in [5, 5.41) is 13.3. The molecule has 0 spiro atoms. The molecular weight excluding hydrogens is 342 g/mol. The molecular formula is C21H23N3O3. The van der Waals surface area contributed by atoms with Gasteiger partial charge in [0.25, 0.3) is 5.56 Å². The number of nitrogens with zero attached hydrogens (tertiary/aromatic N) is 2. The van der Waals surface area contributed by atoms with Crippen LogP contribution >= 0.6 is 0 Å². The van der Waals surface area contributed by atoms with Gasteiger partial charge in [-0.2, -0.15) is 0 Å². The van der Waals surface area contributed by atoms with E-state index in [1.54, 1.807) is 37.7 Å². The third-order valence-corrected chi connectivity index (χ3v) is 4.72. The molecule has 0 unspecified atom stereocenters. The summed E-state index contributed by atoms with van der Waals surface area (Å²) in [6.45, 7) is 3.35. The third-order valence-electron chi connectivity index (χ3n) is 4.72. The molecule has 1 amide bonds. The molecule has 2 N–H and O–H groups in total. The van der Waals surface area contributed by atoms with Gasteiger partial charge in [0, 0.05) is 7.05 Å². The van der Waals surface area contributed by atoms with E-state index in [0.717, 1.165) is 0 Å². The number of benzene rings is 2. The molecule has 0 bridgehead atoms. The third kappa shape index (κ3) is 3.71. The highest BCUT2D eigenvalue weighted by atomic mass is 16.3. The van der Waals surface area contributed by atoms with E-state index in [1.807, 2.05) is 48.5 Å². The molecule has 1 aromatic heterocycles. The quantitative estimate of drug-likeness (QED) is 0.730. The molecule has 27 heavy (non-hydrogen) atoms.